The highest BCUT2D eigenvalue weighted by molar-refractivity contribution is 4.98. The van der Waals surface area contributed by atoms with Crippen molar-refractivity contribution in [1.29, 1.82) is 0 Å². The average molecular weight is 129 g/mol. The molecule has 0 bridgehead atoms. The van der Waals surface area contributed by atoms with E-state index in [1.807, 2.05) is 0 Å². The Kier molecular flexibility index (Phi) is 3.46. The molecule has 0 radical (unpaired) electrons. The molecule has 0 aromatic heterocycles. The Bertz CT molecular complexity index is 88.5. The van der Waals surface area contributed by atoms with Crippen molar-refractivity contribution in [2.45, 2.75) is 24.9 Å². The number of nitrogens with two attached hydrogens (primary N) is 2. The predicted molar refractivity (Wildman–Crippen MR) is 39.3 cm³/mol. The second-order valence-corrected chi connectivity index (χ2v) is 2.27. The zero-order valence-electron chi connectivity index (χ0n) is 5.59. The molecular weight excluding hydrogens is 114 g/mol. The summed E-state index contributed by atoms with van der Waals surface area (Å²) in [6, 6.07) is 0.389. The van der Waals surface area contributed by atoms with Crippen LogP contribution in [0.2, 0.25) is 0 Å². The standard InChI is InChI=1S/C6H12N2.H3N/c7-5-3-1-2-4-6(5)8;/h1-2,5-6H,3-4,7-8H2;1H3/t5-,6-;/m0./s1. The highest BCUT2D eigenvalue weighted by Gasteiger charge is 2.12. The van der Waals surface area contributed by atoms with Crippen LogP contribution in [-0.2, 0) is 0 Å². The van der Waals surface area contributed by atoms with Gasteiger partial charge in [0.1, 0.15) is 0 Å². The zero-order valence-corrected chi connectivity index (χ0v) is 5.59. The molecule has 0 unspecified atom stereocenters. The second-order valence-electron chi connectivity index (χ2n) is 2.27. The van der Waals surface area contributed by atoms with Crippen LogP contribution in [-0.4, -0.2) is 12.1 Å². The van der Waals surface area contributed by atoms with Crippen LogP contribution in [0.15, 0.2) is 12.2 Å². The molecule has 0 aromatic carbocycles. The van der Waals surface area contributed by atoms with Gasteiger partial charge in [0.2, 0.25) is 0 Å². The Labute approximate surface area is 55.7 Å². The molecule has 0 saturated heterocycles. The van der Waals surface area contributed by atoms with E-state index in [0.29, 0.717) is 0 Å². The molecule has 0 aliphatic heterocycles. The Balaban J connectivity index is 0.000000640. The molecule has 9 heavy (non-hydrogen) atoms. The largest absolute Gasteiger partial charge is 0.344 e. The number of hydrogen-bond donors (Lipinski definition) is 3. The molecule has 1 rings (SSSR count). The van der Waals surface area contributed by atoms with E-state index in [2.05, 4.69) is 12.2 Å². The summed E-state index contributed by atoms with van der Waals surface area (Å²) in [5.41, 5.74) is 11.2. The van der Waals surface area contributed by atoms with E-state index in [1.54, 1.807) is 0 Å². The zero-order chi connectivity index (χ0) is 5.98. The molecule has 1 aliphatic rings. The molecular formula is C6H15N3. The summed E-state index contributed by atoms with van der Waals surface area (Å²) in [5.74, 6) is 0. The van der Waals surface area contributed by atoms with E-state index in [9.17, 15) is 0 Å². The van der Waals surface area contributed by atoms with Gasteiger partial charge in [-0.25, -0.2) is 0 Å². The van der Waals surface area contributed by atoms with Gasteiger partial charge in [-0.1, -0.05) is 12.2 Å². The smallest absolute Gasteiger partial charge is 0.0230 e. The quantitative estimate of drug-likeness (QED) is 0.407. The van der Waals surface area contributed by atoms with Crippen LogP contribution in [0.25, 0.3) is 0 Å². The molecule has 0 amide bonds. The van der Waals surface area contributed by atoms with E-state index in [1.165, 1.54) is 0 Å². The highest BCUT2D eigenvalue weighted by Crippen LogP contribution is 2.06. The molecule has 0 heterocycles. The number of rotatable bonds is 0. The minimum atomic E-state index is 0. The Morgan fingerprint density at radius 3 is 1.56 bits per heavy atom. The van der Waals surface area contributed by atoms with E-state index >= 15 is 0 Å². The third-order valence-electron chi connectivity index (χ3n) is 1.53. The first kappa shape index (κ1) is 8.62. The van der Waals surface area contributed by atoms with Crippen LogP contribution < -0.4 is 17.6 Å². The second kappa shape index (κ2) is 3.61. The lowest BCUT2D eigenvalue weighted by Gasteiger charge is -2.19. The van der Waals surface area contributed by atoms with Crippen molar-refractivity contribution in [3.63, 3.8) is 0 Å². The summed E-state index contributed by atoms with van der Waals surface area (Å²) >= 11 is 0. The fraction of sp³-hybridized carbons (Fsp3) is 0.667. The lowest BCUT2D eigenvalue weighted by atomic mass is 9.98. The van der Waals surface area contributed by atoms with E-state index in [-0.39, 0.29) is 18.2 Å². The molecule has 1 aliphatic carbocycles. The van der Waals surface area contributed by atoms with E-state index < -0.39 is 0 Å². The van der Waals surface area contributed by atoms with Crippen LogP contribution in [0.5, 0.6) is 0 Å². The Morgan fingerprint density at radius 2 is 1.33 bits per heavy atom. The first-order valence-corrected chi connectivity index (χ1v) is 2.97. The summed E-state index contributed by atoms with van der Waals surface area (Å²) in [7, 11) is 0. The Hall–Kier alpha value is -0.380. The van der Waals surface area contributed by atoms with Gasteiger partial charge < -0.3 is 17.6 Å². The van der Waals surface area contributed by atoms with Crippen LogP contribution in [0.4, 0.5) is 0 Å². The number of hydrogen-bond acceptors (Lipinski definition) is 3. The van der Waals surface area contributed by atoms with Crippen LogP contribution in [0, 0.1) is 0 Å². The fourth-order valence-electron chi connectivity index (χ4n) is 0.856. The summed E-state index contributed by atoms with van der Waals surface area (Å²) in [6.45, 7) is 0. The molecule has 0 saturated carbocycles. The van der Waals surface area contributed by atoms with Crippen molar-refractivity contribution >= 4 is 0 Å². The minimum Gasteiger partial charge on any atom is -0.344 e. The van der Waals surface area contributed by atoms with Crippen molar-refractivity contribution in [3.05, 3.63) is 12.2 Å². The van der Waals surface area contributed by atoms with E-state index in [4.69, 9.17) is 11.5 Å². The van der Waals surface area contributed by atoms with Crippen molar-refractivity contribution in [3.8, 4) is 0 Å². The van der Waals surface area contributed by atoms with E-state index in [0.717, 1.165) is 12.8 Å². The maximum absolute atomic E-state index is 5.60. The van der Waals surface area contributed by atoms with Gasteiger partial charge >= 0.3 is 0 Å². The molecule has 54 valence electrons. The third-order valence-corrected chi connectivity index (χ3v) is 1.53. The average Bonchev–Trinajstić information content (AvgIpc) is 1.77. The first-order chi connectivity index (χ1) is 3.80. The summed E-state index contributed by atoms with van der Waals surface area (Å²) < 4.78 is 0. The van der Waals surface area contributed by atoms with Crippen molar-refractivity contribution in [2.75, 3.05) is 0 Å². The molecule has 0 fully saturated rings. The summed E-state index contributed by atoms with van der Waals surface area (Å²) in [6.07, 6.45) is 6.07. The van der Waals surface area contributed by atoms with Gasteiger partial charge in [-0.3, -0.25) is 0 Å². The van der Waals surface area contributed by atoms with Gasteiger partial charge in [0.15, 0.2) is 0 Å². The van der Waals surface area contributed by atoms with Crippen molar-refractivity contribution in [2.24, 2.45) is 11.5 Å². The van der Waals surface area contributed by atoms with Gasteiger partial charge in [0.25, 0.3) is 0 Å². The van der Waals surface area contributed by atoms with Crippen LogP contribution in [0.1, 0.15) is 12.8 Å². The monoisotopic (exact) mass is 129 g/mol. The molecule has 2 atom stereocenters. The van der Waals surface area contributed by atoms with Crippen molar-refractivity contribution < 1.29 is 0 Å². The SMILES string of the molecule is N.N[C@H]1CC=CC[C@@H]1N. The molecule has 0 aromatic rings. The van der Waals surface area contributed by atoms with Gasteiger partial charge in [-0.2, -0.15) is 0 Å². The normalized spacial score (nSPS) is 33.6. The fourth-order valence-corrected chi connectivity index (χ4v) is 0.856. The van der Waals surface area contributed by atoms with Gasteiger partial charge in [-0.05, 0) is 12.8 Å². The molecule has 3 nitrogen and oxygen atoms in total. The third kappa shape index (κ3) is 2.13. The van der Waals surface area contributed by atoms with Gasteiger partial charge in [0.05, 0.1) is 0 Å². The van der Waals surface area contributed by atoms with Gasteiger partial charge in [-0.15, -0.1) is 0 Å². The maximum Gasteiger partial charge on any atom is 0.0230 e. The molecule has 7 N–H and O–H groups in total. The predicted octanol–water partition coefficient (Wildman–Crippen LogP) is 0.153. The van der Waals surface area contributed by atoms with Crippen molar-refractivity contribution in [1.82, 2.24) is 6.15 Å². The lowest BCUT2D eigenvalue weighted by Crippen LogP contribution is -2.41. The van der Waals surface area contributed by atoms with Crippen LogP contribution >= 0.6 is 0 Å². The Morgan fingerprint density at radius 1 is 1.00 bits per heavy atom. The first-order valence-electron chi connectivity index (χ1n) is 2.97. The molecule has 3 heteroatoms. The minimum absolute atomic E-state index is 0. The lowest BCUT2D eigenvalue weighted by molar-refractivity contribution is 0.516. The van der Waals surface area contributed by atoms with Crippen LogP contribution in [0.3, 0.4) is 0 Å². The highest BCUT2D eigenvalue weighted by atomic mass is 14.8. The topological polar surface area (TPSA) is 87.0 Å². The van der Waals surface area contributed by atoms with Gasteiger partial charge in [0, 0.05) is 12.1 Å². The molecule has 0 spiro atoms. The summed E-state index contributed by atoms with van der Waals surface area (Å²) in [4.78, 5) is 0. The summed E-state index contributed by atoms with van der Waals surface area (Å²) in [5, 5.41) is 0. The maximum atomic E-state index is 5.60.